The Kier molecular flexibility index (Phi) is 5.88. The number of thiazole rings is 1. The zero-order valence-corrected chi connectivity index (χ0v) is 18.8. The third kappa shape index (κ3) is 4.64. The van der Waals surface area contributed by atoms with Gasteiger partial charge in [-0.2, -0.15) is 11.3 Å². The largest absolute Gasteiger partial charge is 0.273 e. The van der Waals surface area contributed by atoms with Crippen LogP contribution in [0.3, 0.4) is 0 Å². The fraction of sp³-hybridized carbons (Fsp3) is 0.0417. The third-order valence-corrected chi connectivity index (χ3v) is 6.49. The molecule has 2 N–H and O–H groups in total. The normalized spacial score (nSPS) is 10.8. The van der Waals surface area contributed by atoms with Gasteiger partial charge in [-0.05, 0) is 35.7 Å². The van der Waals surface area contributed by atoms with E-state index in [1.54, 1.807) is 23.6 Å². The number of carbonyl (C=O) groups excluding carboxylic acids is 2. The molecular formula is C24H17N5O2S2. The fourth-order valence-electron chi connectivity index (χ4n) is 3.32. The van der Waals surface area contributed by atoms with E-state index in [1.807, 2.05) is 64.7 Å². The number of para-hydroxylation sites is 1. The van der Waals surface area contributed by atoms with Gasteiger partial charge in [0.05, 0.1) is 34.6 Å². The molecular weight excluding hydrogens is 454 g/mol. The van der Waals surface area contributed by atoms with Gasteiger partial charge in [0.2, 0.25) is 5.91 Å². The van der Waals surface area contributed by atoms with Crippen LogP contribution in [-0.2, 0) is 11.2 Å². The first-order valence-electron chi connectivity index (χ1n) is 10.0. The Labute approximate surface area is 197 Å². The molecule has 0 fully saturated rings. The van der Waals surface area contributed by atoms with Gasteiger partial charge in [0.25, 0.3) is 5.91 Å². The first-order valence-corrected chi connectivity index (χ1v) is 11.9. The van der Waals surface area contributed by atoms with Gasteiger partial charge in [-0.15, -0.1) is 11.3 Å². The second-order valence-electron chi connectivity index (χ2n) is 7.12. The topological polar surface area (TPSA) is 96.9 Å². The summed E-state index contributed by atoms with van der Waals surface area (Å²) in [6.07, 6.45) is 1.74. The van der Waals surface area contributed by atoms with Crippen LogP contribution in [0.25, 0.3) is 32.9 Å². The van der Waals surface area contributed by atoms with Crippen LogP contribution in [0.1, 0.15) is 16.1 Å². The summed E-state index contributed by atoms with van der Waals surface area (Å²) in [5.74, 6) is -0.787. The van der Waals surface area contributed by atoms with Crippen LogP contribution in [0.4, 0.5) is 0 Å². The number of hydrogen-bond acceptors (Lipinski definition) is 7. The molecule has 0 aliphatic carbocycles. The fourth-order valence-corrected chi connectivity index (χ4v) is 4.85. The number of pyridine rings is 2. The Morgan fingerprint density at radius 1 is 0.909 bits per heavy atom. The lowest BCUT2D eigenvalue weighted by Gasteiger charge is -2.11. The highest BCUT2D eigenvalue weighted by Crippen LogP contribution is 2.26. The predicted molar refractivity (Wildman–Crippen MR) is 130 cm³/mol. The molecule has 0 aliphatic rings. The number of nitrogens with one attached hydrogen (secondary N) is 2. The van der Waals surface area contributed by atoms with E-state index in [2.05, 4.69) is 25.8 Å². The van der Waals surface area contributed by atoms with E-state index in [4.69, 9.17) is 0 Å². The maximum absolute atomic E-state index is 13.0. The van der Waals surface area contributed by atoms with E-state index in [-0.39, 0.29) is 12.3 Å². The molecule has 0 saturated heterocycles. The summed E-state index contributed by atoms with van der Waals surface area (Å²) in [5, 5.41) is 7.41. The quantitative estimate of drug-likeness (QED) is 0.368. The van der Waals surface area contributed by atoms with Crippen LogP contribution in [0, 0.1) is 0 Å². The summed E-state index contributed by atoms with van der Waals surface area (Å²) in [6.45, 7) is 0. The molecule has 162 valence electrons. The van der Waals surface area contributed by atoms with Gasteiger partial charge in [-0.25, -0.2) is 9.97 Å². The van der Waals surface area contributed by atoms with E-state index in [9.17, 15) is 9.59 Å². The van der Waals surface area contributed by atoms with E-state index >= 15 is 0 Å². The van der Waals surface area contributed by atoms with Crippen LogP contribution in [0.15, 0.2) is 76.9 Å². The van der Waals surface area contributed by atoms with Crippen LogP contribution in [0.2, 0.25) is 0 Å². The van der Waals surface area contributed by atoms with Gasteiger partial charge in [-0.3, -0.25) is 25.4 Å². The molecule has 9 heteroatoms. The summed E-state index contributed by atoms with van der Waals surface area (Å²) in [6, 6.07) is 16.5. The Bertz CT molecular complexity index is 1430. The van der Waals surface area contributed by atoms with E-state index in [0.717, 1.165) is 10.6 Å². The van der Waals surface area contributed by atoms with Crippen LogP contribution in [0.5, 0.6) is 0 Å². The lowest BCUT2D eigenvalue weighted by atomic mass is 10.1. The van der Waals surface area contributed by atoms with Crippen molar-refractivity contribution in [1.82, 2.24) is 25.8 Å². The minimum atomic E-state index is -0.434. The van der Waals surface area contributed by atoms with Crippen molar-refractivity contribution < 1.29 is 9.59 Å². The van der Waals surface area contributed by atoms with Gasteiger partial charge in [0.15, 0.2) is 0 Å². The molecule has 4 aromatic heterocycles. The molecule has 0 radical (unpaired) electrons. The van der Waals surface area contributed by atoms with Crippen molar-refractivity contribution in [3.8, 4) is 22.0 Å². The second-order valence-corrected chi connectivity index (χ2v) is 8.76. The Hall–Kier alpha value is -3.95. The second kappa shape index (κ2) is 9.27. The Balaban J connectivity index is 1.31. The van der Waals surface area contributed by atoms with Crippen molar-refractivity contribution in [2.45, 2.75) is 6.42 Å². The standard InChI is InChI=1S/C24H17N5O2S2/c30-22(11-16-14-33-24(26-16)15-8-10-32-13-15)28-29-23(31)18-12-21(20-7-3-4-9-25-20)27-19-6-2-1-5-17(18)19/h1-10,12-14H,11H2,(H,28,30)(H,29,31). The van der Waals surface area contributed by atoms with Crippen molar-refractivity contribution >= 4 is 45.4 Å². The molecule has 5 aromatic rings. The number of benzene rings is 1. The SMILES string of the molecule is O=C(Cc1csc(-c2ccsc2)n1)NNC(=O)c1cc(-c2ccccn2)nc2ccccc12. The molecule has 0 aliphatic heterocycles. The number of hydrogen-bond donors (Lipinski definition) is 2. The van der Waals surface area contributed by atoms with Crippen LogP contribution in [-0.4, -0.2) is 26.8 Å². The van der Waals surface area contributed by atoms with E-state index in [1.165, 1.54) is 11.3 Å². The number of rotatable bonds is 5. The van der Waals surface area contributed by atoms with E-state index < -0.39 is 5.91 Å². The predicted octanol–water partition coefficient (Wildman–Crippen LogP) is 4.49. The summed E-state index contributed by atoms with van der Waals surface area (Å²) < 4.78 is 0. The van der Waals surface area contributed by atoms with Crippen molar-refractivity contribution in [1.29, 1.82) is 0 Å². The van der Waals surface area contributed by atoms with Gasteiger partial charge in [0.1, 0.15) is 5.01 Å². The summed E-state index contributed by atoms with van der Waals surface area (Å²) >= 11 is 3.09. The molecule has 0 atom stereocenters. The highest BCUT2D eigenvalue weighted by molar-refractivity contribution is 7.14. The number of carbonyl (C=O) groups is 2. The first-order chi connectivity index (χ1) is 16.2. The molecule has 7 nitrogen and oxygen atoms in total. The lowest BCUT2D eigenvalue weighted by Crippen LogP contribution is -2.42. The number of aromatic nitrogens is 3. The number of amides is 2. The molecule has 1 aromatic carbocycles. The molecule has 0 bridgehead atoms. The van der Waals surface area contributed by atoms with Gasteiger partial charge in [0, 0.05) is 27.9 Å². The zero-order chi connectivity index (χ0) is 22.6. The average molecular weight is 472 g/mol. The minimum Gasteiger partial charge on any atom is -0.273 e. The van der Waals surface area contributed by atoms with Crippen molar-refractivity contribution in [3.63, 3.8) is 0 Å². The minimum absolute atomic E-state index is 0.0667. The average Bonchev–Trinajstić information content (AvgIpc) is 3.55. The van der Waals surface area contributed by atoms with Crippen LogP contribution >= 0.6 is 22.7 Å². The first kappa shape index (κ1) is 20.9. The smallest absolute Gasteiger partial charge is 0.270 e. The van der Waals surface area contributed by atoms with Gasteiger partial charge < -0.3 is 0 Å². The number of thiophene rings is 1. The maximum Gasteiger partial charge on any atom is 0.270 e. The molecule has 0 spiro atoms. The number of nitrogens with zero attached hydrogens (tertiary/aromatic N) is 3. The molecule has 0 unspecified atom stereocenters. The number of fused-ring (bicyclic) bond motifs is 1. The molecule has 0 saturated carbocycles. The Morgan fingerprint density at radius 2 is 1.79 bits per heavy atom. The highest BCUT2D eigenvalue weighted by Gasteiger charge is 2.16. The molecule has 2 amide bonds. The van der Waals surface area contributed by atoms with Crippen molar-refractivity contribution in [2.24, 2.45) is 0 Å². The number of hydrazine groups is 1. The molecule has 33 heavy (non-hydrogen) atoms. The van der Waals surface area contributed by atoms with E-state index in [0.29, 0.717) is 33.5 Å². The van der Waals surface area contributed by atoms with Gasteiger partial charge >= 0.3 is 0 Å². The zero-order valence-electron chi connectivity index (χ0n) is 17.2. The summed E-state index contributed by atoms with van der Waals surface area (Å²) in [5.41, 5.74) is 9.00. The monoisotopic (exact) mass is 471 g/mol. The molecule has 5 rings (SSSR count). The summed E-state index contributed by atoms with van der Waals surface area (Å²) in [7, 11) is 0. The maximum atomic E-state index is 13.0. The Morgan fingerprint density at radius 3 is 2.61 bits per heavy atom. The lowest BCUT2D eigenvalue weighted by molar-refractivity contribution is -0.121. The summed E-state index contributed by atoms with van der Waals surface area (Å²) in [4.78, 5) is 38.8. The third-order valence-electron chi connectivity index (χ3n) is 4.87. The van der Waals surface area contributed by atoms with Crippen LogP contribution < -0.4 is 10.9 Å². The van der Waals surface area contributed by atoms with Crippen molar-refractivity contribution in [3.05, 3.63) is 88.2 Å². The molecule has 4 heterocycles. The highest BCUT2D eigenvalue weighted by atomic mass is 32.1. The van der Waals surface area contributed by atoms with Crippen molar-refractivity contribution in [2.75, 3.05) is 0 Å². The van der Waals surface area contributed by atoms with Gasteiger partial charge in [-0.1, -0.05) is 24.3 Å².